The fourth-order valence-electron chi connectivity index (χ4n) is 2.98. The number of nitriles is 1. The summed E-state index contributed by atoms with van der Waals surface area (Å²) in [5.41, 5.74) is 1.91. The van der Waals surface area contributed by atoms with Crippen molar-refractivity contribution in [2.75, 3.05) is 5.32 Å². The van der Waals surface area contributed by atoms with E-state index in [4.69, 9.17) is 10.00 Å². The summed E-state index contributed by atoms with van der Waals surface area (Å²) in [7, 11) is 0. The van der Waals surface area contributed by atoms with Crippen molar-refractivity contribution in [1.82, 2.24) is 9.97 Å². The molecular weight excluding hydrogens is 340 g/mol. The van der Waals surface area contributed by atoms with Crippen molar-refractivity contribution in [2.45, 2.75) is 47.5 Å². The number of carbonyl (C=O) groups is 1. The molecule has 0 fully saturated rings. The van der Waals surface area contributed by atoms with E-state index in [1.807, 2.05) is 13.8 Å². The number of aromatic nitrogens is 2. The van der Waals surface area contributed by atoms with Gasteiger partial charge in [0.05, 0.1) is 29.7 Å². The molecule has 0 saturated heterocycles. The Kier molecular flexibility index (Phi) is 6.51. The fraction of sp³-hybridized carbons (Fsp3) is 0.429. The first-order chi connectivity index (χ1) is 12.8. The van der Waals surface area contributed by atoms with Crippen LogP contribution in [0.2, 0.25) is 0 Å². The molecule has 0 saturated carbocycles. The van der Waals surface area contributed by atoms with Crippen LogP contribution >= 0.6 is 0 Å². The summed E-state index contributed by atoms with van der Waals surface area (Å²) in [6.45, 7) is 10.2. The Balaban J connectivity index is 2.10. The minimum Gasteiger partial charge on any atom is -0.424 e. The van der Waals surface area contributed by atoms with Gasteiger partial charge in [0.15, 0.2) is 0 Å². The summed E-state index contributed by atoms with van der Waals surface area (Å²) in [5, 5.41) is 11.9. The Morgan fingerprint density at radius 2 is 1.93 bits per heavy atom. The zero-order valence-corrected chi connectivity index (χ0v) is 16.5. The van der Waals surface area contributed by atoms with Crippen LogP contribution in [0.4, 0.5) is 5.69 Å². The number of rotatable bonds is 6. The molecule has 1 aromatic carbocycles. The zero-order valence-electron chi connectivity index (χ0n) is 16.5. The highest BCUT2D eigenvalue weighted by Crippen LogP contribution is 2.30. The molecule has 1 N–H and O–H groups in total. The summed E-state index contributed by atoms with van der Waals surface area (Å²) in [4.78, 5) is 20.8. The van der Waals surface area contributed by atoms with Gasteiger partial charge in [-0.1, -0.05) is 34.6 Å². The van der Waals surface area contributed by atoms with Crippen LogP contribution in [0, 0.1) is 22.7 Å². The molecule has 0 spiro atoms. The Bertz CT molecular complexity index is 833. The number of nitrogens with one attached hydrogen (secondary N) is 1. The summed E-state index contributed by atoms with van der Waals surface area (Å²) >= 11 is 0. The average Bonchev–Trinajstić information content (AvgIpc) is 2.63. The molecule has 2 rings (SSSR count). The van der Waals surface area contributed by atoms with Crippen LogP contribution in [0.25, 0.3) is 0 Å². The first-order valence-corrected chi connectivity index (χ1v) is 9.12. The topological polar surface area (TPSA) is 87.9 Å². The van der Waals surface area contributed by atoms with E-state index in [2.05, 4.69) is 42.1 Å². The summed E-state index contributed by atoms with van der Waals surface area (Å²) in [6, 6.07) is 7.54. The lowest BCUT2D eigenvalue weighted by molar-refractivity contribution is -0.123. The molecule has 27 heavy (non-hydrogen) atoms. The van der Waals surface area contributed by atoms with Gasteiger partial charge in [0.2, 0.25) is 5.91 Å². The molecule has 1 unspecified atom stereocenters. The molecule has 2 aromatic rings. The lowest BCUT2D eigenvalue weighted by Crippen LogP contribution is -2.32. The van der Waals surface area contributed by atoms with Gasteiger partial charge in [-0.05, 0) is 42.0 Å². The highest BCUT2D eigenvalue weighted by molar-refractivity contribution is 5.92. The van der Waals surface area contributed by atoms with E-state index < -0.39 is 0 Å². The standard InChI is InChI=1S/C21H26N4O2/c1-6-15-10-14(11-22)8-9-18(15)27-20-23-12-16(13-24-20)25-19(26)17(7-2)21(3,4)5/h8-10,12-13,17H,6-7H2,1-5H3,(H,25,26). The van der Waals surface area contributed by atoms with Crippen LogP contribution in [-0.4, -0.2) is 15.9 Å². The number of hydrogen-bond acceptors (Lipinski definition) is 5. The predicted molar refractivity (Wildman–Crippen MR) is 105 cm³/mol. The normalized spacial score (nSPS) is 12.1. The Morgan fingerprint density at radius 1 is 1.26 bits per heavy atom. The minimum atomic E-state index is -0.116. The molecule has 6 heteroatoms. The van der Waals surface area contributed by atoms with Gasteiger partial charge in [0.1, 0.15) is 5.75 Å². The highest BCUT2D eigenvalue weighted by atomic mass is 16.5. The maximum absolute atomic E-state index is 12.5. The smallest absolute Gasteiger partial charge is 0.322 e. The van der Waals surface area contributed by atoms with Crippen molar-refractivity contribution >= 4 is 11.6 Å². The number of aryl methyl sites for hydroxylation is 1. The van der Waals surface area contributed by atoms with Crippen molar-refractivity contribution < 1.29 is 9.53 Å². The lowest BCUT2D eigenvalue weighted by Gasteiger charge is -2.28. The number of anilines is 1. The number of amides is 1. The van der Waals surface area contributed by atoms with E-state index in [0.717, 1.165) is 18.4 Å². The maximum Gasteiger partial charge on any atom is 0.322 e. The van der Waals surface area contributed by atoms with Crippen LogP contribution < -0.4 is 10.1 Å². The second-order valence-corrected chi connectivity index (χ2v) is 7.46. The second kappa shape index (κ2) is 8.63. The Labute approximate surface area is 160 Å². The molecule has 0 bridgehead atoms. The van der Waals surface area contributed by atoms with Gasteiger partial charge in [-0.3, -0.25) is 4.79 Å². The predicted octanol–water partition coefficient (Wildman–Crippen LogP) is 4.71. The molecule has 6 nitrogen and oxygen atoms in total. The van der Waals surface area contributed by atoms with Crippen LogP contribution in [0.15, 0.2) is 30.6 Å². The van der Waals surface area contributed by atoms with Crippen LogP contribution in [0.3, 0.4) is 0 Å². The van der Waals surface area contributed by atoms with Gasteiger partial charge in [0.25, 0.3) is 0 Å². The van der Waals surface area contributed by atoms with E-state index in [1.165, 1.54) is 12.4 Å². The average molecular weight is 366 g/mol. The molecule has 1 atom stereocenters. The third kappa shape index (κ3) is 5.27. The van der Waals surface area contributed by atoms with E-state index in [9.17, 15) is 4.79 Å². The van der Waals surface area contributed by atoms with Gasteiger partial charge in [-0.2, -0.15) is 5.26 Å². The number of benzene rings is 1. The van der Waals surface area contributed by atoms with Crippen molar-refractivity contribution in [3.63, 3.8) is 0 Å². The molecule has 0 aliphatic heterocycles. The number of ether oxygens (including phenoxy) is 1. The summed E-state index contributed by atoms with van der Waals surface area (Å²) < 4.78 is 5.74. The third-order valence-electron chi connectivity index (χ3n) is 4.44. The molecule has 0 aliphatic rings. The van der Waals surface area contributed by atoms with Gasteiger partial charge in [0, 0.05) is 5.92 Å². The molecule has 1 aromatic heterocycles. The van der Waals surface area contributed by atoms with E-state index in [-0.39, 0.29) is 23.3 Å². The number of carbonyl (C=O) groups excluding carboxylic acids is 1. The van der Waals surface area contributed by atoms with Crippen molar-refractivity contribution in [2.24, 2.45) is 11.3 Å². The molecule has 0 radical (unpaired) electrons. The molecule has 1 heterocycles. The summed E-state index contributed by atoms with van der Waals surface area (Å²) in [6.07, 6.45) is 4.55. The Morgan fingerprint density at radius 3 is 2.44 bits per heavy atom. The molecule has 0 aliphatic carbocycles. The number of nitrogens with zero attached hydrogens (tertiary/aromatic N) is 3. The maximum atomic E-state index is 12.5. The highest BCUT2D eigenvalue weighted by Gasteiger charge is 2.29. The fourth-order valence-corrected chi connectivity index (χ4v) is 2.98. The number of hydrogen-bond donors (Lipinski definition) is 1. The SMILES string of the molecule is CCc1cc(C#N)ccc1Oc1ncc(NC(=O)C(CC)C(C)(C)C)cn1. The quantitative estimate of drug-likeness (QED) is 0.799. The molecular formula is C21H26N4O2. The van der Waals surface area contributed by atoms with Gasteiger partial charge >= 0.3 is 6.01 Å². The molecule has 142 valence electrons. The van der Waals surface area contributed by atoms with Crippen LogP contribution in [0.1, 0.15) is 52.2 Å². The van der Waals surface area contributed by atoms with E-state index >= 15 is 0 Å². The third-order valence-corrected chi connectivity index (χ3v) is 4.44. The monoisotopic (exact) mass is 366 g/mol. The van der Waals surface area contributed by atoms with Crippen molar-refractivity contribution in [3.8, 4) is 17.8 Å². The first kappa shape index (κ1) is 20.4. The van der Waals surface area contributed by atoms with Crippen molar-refractivity contribution in [3.05, 3.63) is 41.7 Å². The lowest BCUT2D eigenvalue weighted by atomic mass is 9.78. The summed E-state index contributed by atoms with van der Waals surface area (Å²) in [5.74, 6) is 0.480. The Hall–Kier alpha value is -2.94. The van der Waals surface area contributed by atoms with Gasteiger partial charge in [-0.15, -0.1) is 0 Å². The largest absolute Gasteiger partial charge is 0.424 e. The van der Waals surface area contributed by atoms with Gasteiger partial charge < -0.3 is 10.1 Å². The van der Waals surface area contributed by atoms with Gasteiger partial charge in [-0.25, -0.2) is 9.97 Å². The second-order valence-electron chi connectivity index (χ2n) is 7.46. The molecule has 1 amide bonds. The van der Waals surface area contributed by atoms with E-state index in [1.54, 1.807) is 18.2 Å². The first-order valence-electron chi connectivity index (χ1n) is 9.12. The zero-order chi connectivity index (χ0) is 20.0. The van der Waals surface area contributed by atoms with E-state index in [0.29, 0.717) is 17.0 Å². The van der Waals surface area contributed by atoms with Crippen LogP contribution in [0.5, 0.6) is 11.8 Å². The minimum absolute atomic E-state index is 0.0392. The van der Waals surface area contributed by atoms with Crippen LogP contribution in [-0.2, 0) is 11.2 Å². The van der Waals surface area contributed by atoms with Crippen molar-refractivity contribution in [1.29, 1.82) is 5.26 Å².